The Balaban J connectivity index is 0.000000228. The maximum Gasteiger partial charge on any atom is 0.412 e. The zero-order valence-electron chi connectivity index (χ0n) is 22.5. The molecule has 2 aromatic heterocycles. The van der Waals surface area contributed by atoms with Crippen molar-refractivity contribution in [3.8, 4) is 0 Å². The number of anilines is 4. The van der Waals surface area contributed by atoms with Gasteiger partial charge in [-0.15, -0.1) is 0 Å². The standard InChI is InChI=1S/C16H19N3O3.C12H10N4O3/c1-16(2,3)22-15(21)19-12-8-6-11(7-9-12)18-14(20)13-5-4-10-17-13;17-11(10-7-13-5-6-14-10)15-8-1-3-9(4-2-8)16-12(18)19/h4-10,17H,1-3H3,(H,18,20)(H,19,21);1-7,16H,(H,15,17)(H,18,19). The molecule has 4 aromatic rings. The number of carboxylic acid groups (broad SMARTS) is 1. The molecule has 6 N–H and O–H groups in total. The van der Waals surface area contributed by atoms with Gasteiger partial charge in [-0.2, -0.15) is 0 Å². The van der Waals surface area contributed by atoms with Crippen molar-refractivity contribution in [3.05, 3.63) is 96.8 Å². The van der Waals surface area contributed by atoms with Gasteiger partial charge in [0.2, 0.25) is 0 Å². The van der Waals surface area contributed by atoms with Gasteiger partial charge in [0.05, 0.1) is 6.20 Å². The second-order valence-electron chi connectivity index (χ2n) is 9.29. The SMILES string of the molecule is CC(C)(C)OC(=O)Nc1ccc(NC(=O)c2ccc[nH]2)cc1.O=C(O)Nc1ccc(NC(=O)c2cnccn2)cc1. The molecule has 2 aromatic carbocycles. The zero-order valence-corrected chi connectivity index (χ0v) is 22.5. The number of carbonyl (C=O) groups excluding carboxylic acids is 3. The lowest BCUT2D eigenvalue weighted by Crippen LogP contribution is -2.27. The maximum atomic E-state index is 11.9. The van der Waals surface area contributed by atoms with E-state index in [0.717, 1.165) is 0 Å². The topological polar surface area (TPSA) is 187 Å². The molecule has 0 aliphatic rings. The summed E-state index contributed by atoms with van der Waals surface area (Å²) < 4.78 is 5.16. The number of nitrogens with one attached hydrogen (secondary N) is 5. The van der Waals surface area contributed by atoms with Crippen LogP contribution in [0, 0.1) is 0 Å². The van der Waals surface area contributed by atoms with Gasteiger partial charge in [0.25, 0.3) is 11.8 Å². The highest BCUT2D eigenvalue weighted by Gasteiger charge is 2.16. The van der Waals surface area contributed by atoms with Crippen LogP contribution in [-0.4, -0.2) is 49.7 Å². The number of hydrogen-bond acceptors (Lipinski definition) is 7. The van der Waals surface area contributed by atoms with Crippen molar-refractivity contribution in [1.82, 2.24) is 15.0 Å². The summed E-state index contributed by atoms with van der Waals surface area (Å²) in [7, 11) is 0. The van der Waals surface area contributed by atoms with Gasteiger partial charge >= 0.3 is 12.2 Å². The minimum absolute atomic E-state index is 0.204. The Kier molecular flexibility index (Phi) is 10.1. The van der Waals surface area contributed by atoms with E-state index in [1.165, 1.54) is 18.6 Å². The first-order valence-electron chi connectivity index (χ1n) is 12.2. The molecular formula is C28H29N7O6. The van der Waals surface area contributed by atoms with Crippen molar-refractivity contribution in [1.29, 1.82) is 0 Å². The maximum absolute atomic E-state index is 11.9. The van der Waals surface area contributed by atoms with Gasteiger partial charge in [0.15, 0.2) is 0 Å². The molecule has 0 unspecified atom stereocenters. The van der Waals surface area contributed by atoms with E-state index in [0.29, 0.717) is 28.4 Å². The molecule has 0 aliphatic heterocycles. The van der Waals surface area contributed by atoms with Crippen molar-refractivity contribution in [2.24, 2.45) is 0 Å². The monoisotopic (exact) mass is 559 g/mol. The van der Waals surface area contributed by atoms with Crippen LogP contribution in [0.5, 0.6) is 0 Å². The number of aromatic amines is 1. The molecule has 13 nitrogen and oxygen atoms in total. The molecule has 41 heavy (non-hydrogen) atoms. The van der Waals surface area contributed by atoms with Gasteiger partial charge in [-0.1, -0.05) is 0 Å². The van der Waals surface area contributed by atoms with Crippen LogP contribution in [0.3, 0.4) is 0 Å². The molecular weight excluding hydrogens is 530 g/mol. The molecule has 2 heterocycles. The number of aromatic nitrogens is 3. The lowest BCUT2D eigenvalue weighted by Gasteiger charge is -2.19. The van der Waals surface area contributed by atoms with E-state index >= 15 is 0 Å². The zero-order chi connectivity index (χ0) is 29.8. The third-order valence-electron chi connectivity index (χ3n) is 4.82. The number of nitrogens with zero attached hydrogens (tertiary/aromatic N) is 2. The molecule has 0 atom stereocenters. The van der Waals surface area contributed by atoms with Crippen molar-refractivity contribution >= 4 is 46.8 Å². The normalized spacial score (nSPS) is 10.3. The quantitative estimate of drug-likeness (QED) is 0.180. The molecule has 0 fully saturated rings. The van der Waals surface area contributed by atoms with Crippen molar-refractivity contribution in [3.63, 3.8) is 0 Å². The molecule has 0 aliphatic carbocycles. The summed E-state index contributed by atoms with van der Waals surface area (Å²) in [6.45, 7) is 5.39. The van der Waals surface area contributed by atoms with E-state index in [1.807, 2.05) is 0 Å². The number of ether oxygens (including phenoxy) is 1. The van der Waals surface area contributed by atoms with Crippen molar-refractivity contribution in [2.45, 2.75) is 26.4 Å². The molecule has 0 saturated carbocycles. The lowest BCUT2D eigenvalue weighted by molar-refractivity contribution is 0.0635. The fraction of sp³-hybridized carbons (Fsp3) is 0.143. The predicted molar refractivity (Wildman–Crippen MR) is 153 cm³/mol. The van der Waals surface area contributed by atoms with E-state index in [4.69, 9.17) is 9.84 Å². The van der Waals surface area contributed by atoms with E-state index < -0.39 is 17.8 Å². The van der Waals surface area contributed by atoms with Crippen LogP contribution in [-0.2, 0) is 4.74 Å². The van der Waals surface area contributed by atoms with Crippen LogP contribution in [0.2, 0.25) is 0 Å². The first kappa shape index (κ1) is 29.8. The molecule has 212 valence electrons. The number of rotatable bonds is 6. The van der Waals surface area contributed by atoms with Crippen molar-refractivity contribution < 1.29 is 29.0 Å². The number of carbonyl (C=O) groups is 4. The Morgan fingerprint density at radius 2 is 1.29 bits per heavy atom. The third-order valence-corrected chi connectivity index (χ3v) is 4.82. The van der Waals surface area contributed by atoms with Gasteiger partial charge < -0.3 is 25.5 Å². The number of H-pyrrole nitrogens is 1. The number of benzene rings is 2. The minimum atomic E-state index is -1.14. The summed E-state index contributed by atoms with van der Waals surface area (Å²) in [4.78, 5) is 56.2. The van der Waals surface area contributed by atoms with Crippen LogP contribution < -0.4 is 21.3 Å². The Morgan fingerprint density at radius 3 is 1.76 bits per heavy atom. The summed E-state index contributed by atoms with van der Waals surface area (Å²) in [6, 6.07) is 16.5. The van der Waals surface area contributed by atoms with E-state index in [-0.39, 0.29) is 17.5 Å². The second kappa shape index (κ2) is 13.9. The highest BCUT2D eigenvalue weighted by Crippen LogP contribution is 2.16. The third kappa shape index (κ3) is 10.5. The van der Waals surface area contributed by atoms with Gasteiger partial charge in [-0.05, 0) is 81.4 Å². The summed E-state index contributed by atoms with van der Waals surface area (Å²) in [5, 5.41) is 18.7. The van der Waals surface area contributed by atoms with Gasteiger partial charge in [-0.25, -0.2) is 14.6 Å². The van der Waals surface area contributed by atoms with E-state index in [9.17, 15) is 19.2 Å². The average molecular weight is 560 g/mol. The summed E-state index contributed by atoms with van der Waals surface area (Å²) >= 11 is 0. The Hall–Kier alpha value is -5.72. The minimum Gasteiger partial charge on any atom is -0.465 e. The molecule has 4 amide bonds. The number of hydrogen-bond donors (Lipinski definition) is 6. The molecule has 0 bridgehead atoms. The smallest absolute Gasteiger partial charge is 0.412 e. The first-order valence-corrected chi connectivity index (χ1v) is 12.2. The van der Waals surface area contributed by atoms with Crippen LogP contribution in [0.15, 0.2) is 85.5 Å². The Labute approximate surface area is 235 Å². The Bertz CT molecular complexity index is 1450. The predicted octanol–water partition coefficient (Wildman–Crippen LogP) is 5.43. The molecule has 0 saturated heterocycles. The molecule has 13 heteroatoms. The Morgan fingerprint density at radius 1 is 0.756 bits per heavy atom. The number of amides is 4. The molecule has 0 spiro atoms. The summed E-state index contributed by atoms with van der Waals surface area (Å²) in [6.07, 6.45) is 4.28. The van der Waals surface area contributed by atoms with Crippen LogP contribution in [0.4, 0.5) is 32.3 Å². The lowest BCUT2D eigenvalue weighted by atomic mass is 10.2. The summed E-state index contributed by atoms with van der Waals surface area (Å²) in [5.74, 6) is -0.607. The second-order valence-corrected chi connectivity index (χ2v) is 9.29. The summed E-state index contributed by atoms with van der Waals surface area (Å²) in [5.41, 5.74) is 2.32. The van der Waals surface area contributed by atoms with E-state index in [1.54, 1.807) is 87.6 Å². The molecule has 4 rings (SSSR count). The van der Waals surface area contributed by atoms with Crippen LogP contribution >= 0.6 is 0 Å². The highest BCUT2D eigenvalue weighted by atomic mass is 16.6. The van der Waals surface area contributed by atoms with Crippen LogP contribution in [0.25, 0.3) is 0 Å². The highest BCUT2D eigenvalue weighted by molar-refractivity contribution is 6.03. The average Bonchev–Trinajstić information content (AvgIpc) is 3.46. The largest absolute Gasteiger partial charge is 0.465 e. The first-order chi connectivity index (χ1) is 19.5. The van der Waals surface area contributed by atoms with Crippen LogP contribution in [0.1, 0.15) is 41.7 Å². The van der Waals surface area contributed by atoms with Gasteiger partial charge in [-0.3, -0.25) is 25.2 Å². The van der Waals surface area contributed by atoms with Gasteiger partial charge in [0.1, 0.15) is 17.0 Å². The fourth-order valence-corrected chi connectivity index (χ4v) is 3.10. The van der Waals surface area contributed by atoms with Crippen molar-refractivity contribution in [2.75, 3.05) is 21.3 Å². The fourth-order valence-electron chi connectivity index (χ4n) is 3.10. The van der Waals surface area contributed by atoms with Gasteiger partial charge in [0, 0.05) is 41.3 Å². The molecule has 0 radical (unpaired) electrons. The van der Waals surface area contributed by atoms with E-state index in [2.05, 4.69) is 36.2 Å².